The molecule has 0 spiro atoms. The van der Waals surface area contributed by atoms with Crippen molar-refractivity contribution in [1.82, 2.24) is 0 Å². The third-order valence-corrected chi connectivity index (χ3v) is 3.69. The van der Waals surface area contributed by atoms with Gasteiger partial charge in [0.1, 0.15) is 0 Å². The fraction of sp³-hybridized carbons (Fsp3) is 1.00. The van der Waals surface area contributed by atoms with E-state index in [2.05, 4.69) is 0 Å². The molecule has 0 aromatic rings. The molecule has 0 aromatic carbocycles. The van der Waals surface area contributed by atoms with Crippen LogP contribution in [0.3, 0.4) is 0 Å². The molecule has 0 aromatic heterocycles. The number of ether oxygens (including phenoxy) is 1. The monoisotopic (exact) mass is 223 g/mol. The highest BCUT2D eigenvalue weighted by Crippen LogP contribution is 2.44. The molecule has 1 aliphatic carbocycles. The summed E-state index contributed by atoms with van der Waals surface area (Å²) in [5, 5.41) is 0. The minimum Gasteiger partial charge on any atom is -0.378 e. The maximum atomic E-state index is 12.6. The molecule has 2 N–H and O–H groups in total. The third-order valence-electron chi connectivity index (χ3n) is 3.69. The van der Waals surface area contributed by atoms with Crippen LogP contribution in [0.25, 0.3) is 0 Å². The first-order valence-corrected chi connectivity index (χ1v) is 5.33. The van der Waals surface area contributed by atoms with E-state index in [0.717, 1.165) is 0 Å². The summed E-state index contributed by atoms with van der Waals surface area (Å²) in [5.74, 6) is -0.873. The lowest BCUT2D eigenvalue weighted by molar-refractivity contribution is -0.194. The first kappa shape index (κ1) is 11.2. The van der Waals surface area contributed by atoms with E-state index in [0.29, 0.717) is 12.5 Å². The van der Waals surface area contributed by atoms with Gasteiger partial charge in [-0.1, -0.05) is 6.92 Å². The summed E-state index contributed by atoms with van der Waals surface area (Å²) in [7, 11) is 0. The van der Waals surface area contributed by atoms with Gasteiger partial charge in [0.25, 0.3) is 0 Å². The second-order valence-electron chi connectivity index (χ2n) is 4.80. The van der Waals surface area contributed by atoms with Crippen molar-refractivity contribution in [2.24, 2.45) is 23.5 Å². The summed E-state index contributed by atoms with van der Waals surface area (Å²) >= 11 is 0. The van der Waals surface area contributed by atoms with E-state index in [-0.39, 0.29) is 30.9 Å². The third kappa shape index (κ3) is 1.99. The van der Waals surface area contributed by atoms with Gasteiger partial charge in [-0.15, -0.1) is 0 Å². The first-order valence-electron chi connectivity index (χ1n) is 5.33. The molecule has 1 heterocycles. The van der Waals surface area contributed by atoms with E-state index in [1.807, 2.05) is 6.92 Å². The van der Waals surface area contributed by atoms with Crippen molar-refractivity contribution in [3.8, 4) is 0 Å². The number of halogens is 3. The van der Waals surface area contributed by atoms with Crippen molar-refractivity contribution in [2.75, 3.05) is 6.61 Å². The molecule has 1 saturated carbocycles. The Balaban J connectivity index is 2.09. The Kier molecular flexibility index (Phi) is 2.71. The van der Waals surface area contributed by atoms with Gasteiger partial charge in [-0.3, -0.25) is 0 Å². The SMILES string of the molecule is C[C@@H]1CO[C@@H]2C[C@H](C(F)(F)F)C[C@@H](N)[C@@H]12. The van der Waals surface area contributed by atoms with Gasteiger partial charge in [0, 0.05) is 18.6 Å². The molecular formula is C10H16F3NO. The summed E-state index contributed by atoms with van der Waals surface area (Å²) in [6.07, 6.45) is -4.27. The Bertz CT molecular complexity index is 243. The van der Waals surface area contributed by atoms with Gasteiger partial charge in [0.05, 0.1) is 12.0 Å². The van der Waals surface area contributed by atoms with Crippen LogP contribution in [0.1, 0.15) is 19.8 Å². The van der Waals surface area contributed by atoms with Crippen molar-refractivity contribution in [2.45, 2.75) is 38.1 Å². The van der Waals surface area contributed by atoms with Gasteiger partial charge in [-0.2, -0.15) is 13.2 Å². The molecule has 2 rings (SSSR count). The van der Waals surface area contributed by atoms with Gasteiger partial charge in [0.15, 0.2) is 0 Å². The first-order chi connectivity index (χ1) is 6.89. The molecule has 1 aliphatic heterocycles. The minimum absolute atomic E-state index is 0.0539. The molecule has 5 heteroatoms. The summed E-state index contributed by atoms with van der Waals surface area (Å²) in [4.78, 5) is 0. The van der Waals surface area contributed by atoms with Crippen LogP contribution >= 0.6 is 0 Å². The van der Waals surface area contributed by atoms with Crippen molar-refractivity contribution in [1.29, 1.82) is 0 Å². The maximum Gasteiger partial charge on any atom is 0.391 e. The summed E-state index contributed by atoms with van der Waals surface area (Å²) in [5.41, 5.74) is 5.82. The molecule has 0 amide bonds. The molecule has 2 nitrogen and oxygen atoms in total. The topological polar surface area (TPSA) is 35.2 Å². The zero-order valence-electron chi connectivity index (χ0n) is 8.63. The number of hydrogen-bond donors (Lipinski definition) is 1. The van der Waals surface area contributed by atoms with E-state index >= 15 is 0 Å². The molecule has 0 radical (unpaired) electrons. The van der Waals surface area contributed by atoms with E-state index in [4.69, 9.17) is 10.5 Å². The summed E-state index contributed by atoms with van der Waals surface area (Å²) in [6, 6.07) is -0.368. The lowest BCUT2D eigenvalue weighted by atomic mass is 9.73. The largest absolute Gasteiger partial charge is 0.391 e. The van der Waals surface area contributed by atoms with Crippen LogP contribution < -0.4 is 5.73 Å². The average molecular weight is 223 g/mol. The van der Waals surface area contributed by atoms with Crippen molar-refractivity contribution in [3.63, 3.8) is 0 Å². The number of fused-ring (bicyclic) bond motifs is 1. The Labute approximate surface area is 87.0 Å². The lowest BCUT2D eigenvalue weighted by Crippen LogP contribution is -2.48. The number of hydrogen-bond acceptors (Lipinski definition) is 2. The predicted molar refractivity (Wildman–Crippen MR) is 49.1 cm³/mol. The highest BCUT2D eigenvalue weighted by Gasteiger charge is 2.51. The Morgan fingerprint density at radius 1 is 1.27 bits per heavy atom. The van der Waals surface area contributed by atoms with Gasteiger partial charge >= 0.3 is 6.18 Å². The zero-order chi connectivity index (χ0) is 11.2. The Hall–Kier alpha value is -0.290. The van der Waals surface area contributed by atoms with Gasteiger partial charge in [-0.05, 0) is 18.8 Å². The molecule has 2 fully saturated rings. The smallest absolute Gasteiger partial charge is 0.378 e. The normalized spacial score (nSPS) is 46.6. The highest BCUT2D eigenvalue weighted by atomic mass is 19.4. The van der Waals surface area contributed by atoms with E-state index in [9.17, 15) is 13.2 Å². The fourth-order valence-electron chi connectivity index (χ4n) is 2.92. The molecule has 88 valence electrons. The van der Waals surface area contributed by atoms with Crippen molar-refractivity contribution >= 4 is 0 Å². The van der Waals surface area contributed by atoms with Crippen LogP contribution in [0.5, 0.6) is 0 Å². The minimum atomic E-state index is -4.13. The zero-order valence-corrected chi connectivity index (χ0v) is 8.63. The van der Waals surface area contributed by atoms with E-state index in [1.54, 1.807) is 0 Å². The summed E-state index contributed by atoms with van der Waals surface area (Å²) in [6.45, 7) is 2.55. The van der Waals surface area contributed by atoms with Crippen LogP contribution in [0.15, 0.2) is 0 Å². The second kappa shape index (κ2) is 3.63. The standard InChI is InChI=1S/C10H16F3NO/c1-5-4-15-8-3-6(10(11,12)13)2-7(14)9(5)8/h5-9H,2-4,14H2,1H3/t5-,6-,7-,8-,9-/m1/s1. The summed E-state index contributed by atoms with van der Waals surface area (Å²) < 4.78 is 43.1. The number of alkyl halides is 3. The maximum absolute atomic E-state index is 12.6. The van der Waals surface area contributed by atoms with Crippen molar-refractivity contribution in [3.05, 3.63) is 0 Å². The number of rotatable bonds is 0. The Morgan fingerprint density at radius 3 is 2.53 bits per heavy atom. The molecular weight excluding hydrogens is 207 g/mol. The quantitative estimate of drug-likeness (QED) is 0.681. The molecule has 0 unspecified atom stereocenters. The molecule has 5 atom stereocenters. The van der Waals surface area contributed by atoms with Crippen LogP contribution in [0, 0.1) is 17.8 Å². The van der Waals surface area contributed by atoms with Crippen LogP contribution in [0.2, 0.25) is 0 Å². The molecule has 0 bridgehead atoms. The van der Waals surface area contributed by atoms with Crippen LogP contribution in [-0.4, -0.2) is 24.9 Å². The van der Waals surface area contributed by atoms with Crippen molar-refractivity contribution < 1.29 is 17.9 Å². The van der Waals surface area contributed by atoms with Gasteiger partial charge in [-0.25, -0.2) is 0 Å². The van der Waals surface area contributed by atoms with Gasteiger partial charge < -0.3 is 10.5 Å². The molecule has 1 saturated heterocycles. The fourth-order valence-corrected chi connectivity index (χ4v) is 2.92. The lowest BCUT2D eigenvalue weighted by Gasteiger charge is -2.37. The van der Waals surface area contributed by atoms with Gasteiger partial charge in [0.2, 0.25) is 0 Å². The highest BCUT2D eigenvalue weighted by molar-refractivity contribution is 4.96. The van der Waals surface area contributed by atoms with Crippen LogP contribution in [0.4, 0.5) is 13.2 Å². The predicted octanol–water partition coefficient (Wildman–Crippen LogP) is 1.94. The molecule has 15 heavy (non-hydrogen) atoms. The number of nitrogens with two attached hydrogens (primary N) is 1. The van der Waals surface area contributed by atoms with E-state index in [1.165, 1.54) is 0 Å². The Morgan fingerprint density at radius 2 is 1.93 bits per heavy atom. The second-order valence-corrected chi connectivity index (χ2v) is 4.80. The molecule has 2 aliphatic rings. The van der Waals surface area contributed by atoms with Crippen LogP contribution in [-0.2, 0) is 4.74 Å². The average Bonchev–Trinajstić information content (AvgIpc) is 2.46. The van der Waals surface area contributed by atoms with E-state index < -0.39 is 12.1 Å².